The molecule has 2 aromatic rings. The fourth-order valence-corrected chi connectivity index (χ4v) is 3.01. The van der Waals surface area contributed by atoms with Crippen molar-refractivity contribution in [1.82, 2.24) is 25.8 Å². The number of H-pyrrole nitrogens is 1. The van der Waals surface area contributed by atoms with Crippen LogP contribution in [0.4, 0.5) is 8.78 Å². The van der Waals surface area contributed by atoms with Gasteiger partial charge in [-0.05, 0) is 30.7 Å². The molecule has 0 radical (unpaired) electrons. The maximum absolute atomic E-state index is 13.5. The minimum absolute atomic E-state index is 0.0458. The number of amides is 1. The van der Waals surface area contributed by atoms with Crippen LogP contribution in [0.1, 0.15) is 30.1 Å². The SMILES string of the molecule is O=C(CCc1ncn[nH]1)NC1CNCCC1c1ccc(F)c(F)c1. The summed E-state index contributed by atoms with van der Waals surface area (Å²) in [5.74, 6) is -1.21. The molecule has 1 saturated heterocycles. The average molecular weight is 335 g/mol. The predicted octanol–water partition coefficient (Wildman–Crippen LogP) is 1.28. The van der Waals surface area contributed by atoms with E-state index in [1.54, 1.807) is 6.07 Å². The highest BCUT2D eigenvalue weighted by molar-refractivity contribution is 5.76. The third kappa shape index (κ3) is 3.94. The first-order chi connectivity index (χ1) is 11.6. The van der Waals surface area contributed by atoms with Gasteiger partial charge in [-0.3, -0.25) is 9.89 Å². The summed E-state index contributed by atoms with van der Waals surface area (Å²) in [6.45, 7) is 1.37. The van der Waals surface area contributed by atoms with Gasteiger partial charge in [-0.25, -0.2) is 13.8 Å². The minimum Gasteiger partial charge on any atom is -0.351 e. The van der Waals surface area contributed by atoms with E-state index in [4.69, 9.17) is 0 Å². The van der Waals surface area contributed by atoms with Crippen LogP contribution in [0.3, 0.4) is 0 Å². The van der Waals surface area contributed by atoms with Crippen LogP contribution >= 0.6 is 0 Å². The summed E-state index contributed by atoms with van der Waals surface area (Å²) in [4.78, 5) is 16.1. The molecule has 2 heterocycles. The quantitative estimate of drug-likeness (QED) is 0.769. The zero-order valence-corrected chi connectivity index (χ0v) is 13.1. The topological polar surface area (TPSA) is 82.7 Å². The lowest BCUT2D eigenvalue weighted by molar-refractivity contribution is -0.122. The van der Waals surface area contributed by atoms with Crippen molar-refractivity contribution in [2.75, 3.05) is 13.1 Å². The summed E-state index contributed by atoms with van der Waals surface area (Å²) in [5, 5.41) is 12.7. The normalized spacial score (nSPS) is 20.8. The van der Waals surface area contributed by atoms with Crippen molar-refractivity contribution < 1.29 is 13.6 Å². The molecular weight excluding hydrogens is 316 g/mol. The van der Waals surface area contributed by atoms with Gasteiger partial charge >= 0.3 is 0 Å². The van der Waals surface area contributed by atoms with Crippen LogP contribution < -0.4 is 10.6 Å². The molecule has 0 spiro atoms. The highest BCUT2D eigenvalue weighted by Crippen LogP contribution is 2.27. The standard InChI is InChI=1S/C16H19F2N5O/c17-12-2-1-10(7-13(12)18)11-5-6-19-8-14(11)22-16(24)4-3-15-20-9-21-23-15/h1-2,7,9,11,14,19H,3-6,8H2,(H,22,24)(H,20,21,23). The third-order valence-electron chi connectivity index (χ3n) is 4.25. The van der Waals surface area contributed by atoms with Gasteiger partial charge < -0.3 is 10.6 Å². The number of aromatic nitrogens is 3. The zero-order valence-electron chi connectivity index (χ0n) is 13.1. The van der Waals surface area contributed by atoms with Crippen molar-refractivity contribution in [2.45, 2.75) is 31.2 Å². The van der Waals surface area contributed by atoms with E-state index in [9.17, 15) is 13.6 Å². The van der Waals surface area contributed by atoms with E-state index in [0.717, 1.165) is 19.0 Å². The van der Waals surface area contributed by atoms with Crippen molar-refractivity contribution in [3.63, 3.8) is 0 Å². The molecule has 2 unspecified atom stereocenters. The Morgan fingerprint density at radius 3 is 2.96 bits per heavy atom. The van der Waals surface area contributed by atoms with Gasteiger partial charge in [0.15, 0.2) is 11.6 Å². The second-order valence-electron chi connectivity index (χ2n) is 5.88. The zero-order chi connectivity index (χ0) is 16.9. The van der Waals surface area contributed by atoms with E-state index in [1.165, 1.54) is 12.4 Å². The average Bonchev–Trinajstić information content (AvgIpc) is 3.10. The maximum Gasteiger partial charge on any atom is 0.220 e. The number of aromatic amines is 1. The number of rotatable bonds is 5. The van der Waals surface area contributed by atoms with E-state index in [2.05, 4.69) is 25.8 Å². The molecule has 6 nitrogen and oxygen atoms in total. The van der Waals surface area contributed by atoms with Crippen LogP contribution in [-0.2, 0) is 11.2 Å². The van der Waals surface area contributed by atoms with Crippen LogP contribution in [-0.4, -0.2) is 40.2 Å². The molecule has 1 amide bonds. The van der Waals surface area contributed by atoms with Gasteiger partial charge in [-0.1, -0.05) is 6.07 Å². The molecule has 128 valence electrons. The Morgan fingerprint density at radius 1 is 1.33 bits per heavy atom. The molecule has 1 aliphatic rings. The van der Waals surface area contributed by atoms with Crippen molar-refractivity contribution in [2.24, 2.45) is 0 Å². The first-order valence-electron chi connectivity index (χ1n) is 7.93. The Hall–Kier alpha value is -2.35. The van der Waals surface area contributed by atoms with Crippen molar-refractivity contribution >= 4 is 5.91 Å². The smallest absolute Gasteiger partial charge is 0.220 e. The highest BCUT2D eigenvalue weighted by atomic mass is 19.2. The van der Waals surface area contributed by atoms with Crippen molar-refractivity contribution in [3.05, 3.63) is 47.5 Å². The van der Waals surface area contributed by atoms with Crippen molar-refractivity contribution in [1.29, 1.82) is 0 Å². The molecule has 24 heavy (non-hydrogen) atoms. The fraction of sp³-hybridized carbons (Fsp3) is 0.438. The number of aryl methyl sites for hydroxylation is 1. The lowest BCUT2D eigenvalue weighted by atomic mass is 9.86. The van der Waals surface area contributed by atoms with E-state index in [0.29, 0.717) is 24.4 Å². The van der Waals surface area contributed by atoms with E-state index < -0.39 is 11.6 Å². The number of hydrogen-bond acceptors (Lipinski definition) is 4. The van der Waals surface area contributed by atoms with E-state index in [-0.39, 0.29) is 24.3 Å². The number of nitrogens with one attached hydrogen (secondary N) is 3. The van der Waals surface area contributed by atoms with Crippen molar-refractivity contribution in [3.8, 4) is 0 Å². The first-order valence-corrected chi connectivity index (χ1v) is 7.93. The van der Waals surface area contributed by atoms with Gasteiger partial charge in [0, 0.05) is 31.3 Å². The van der Waals surface area contributed by atoms with Crippen LogP contribution in [0.2, 0.25) is 0 Å². The molecule has 2 atom stereocenters. The molecule has 8 heteroatoms. The second kappa shape index (κ2) is 7.48. The summed E-state index contributed by atoms with van der Waals surface area (Å²) < 4.78 is 26.6. The Bertz CT molecular complexity index is 692. The highest BCUT2D eigenvalue weighted by Gasteiger charge is 2.28. The van der Waals surface area contributed by atoms with Crippen LogP contribution in [0.15, 0.2) is 24.5 Å². The van der Waals surface area contributed by atoms with Crippen LogP contribution in [0.5, 0.6) is 0 Å². The molecule has 1 aromatic carbocycles. The number of nitrogens with zero attached hydrogens (tertiary/aromatic N) is 2. The second-order valence-corrected chi connectivity index (χ2v) is 5.88. The number of carbonyl (C=O) groups is 1. The molecule has 1 fully saturated rings. The number of hydrogen-bond donors (Lipinski definition) is 3. The van der Waals surface area contributed by atoms with Gasteiger partial charge in [0.05, 0.1) is 0 Å². The van der Waals surface area contributed by atoms with E-state index >= 15 is 0 Å². The summed E-state index contributed by atoms with van der Waals surface area (Å²) in [7, 11) is 0. The monoisotopic (exact) mass is 335 g/mol. The van der Waals surface area contributed by atoms with Crippen LogP contribution in [0.25, 0.3) is 0 Å². The molecule has 1 aliphatic heterocycles. The van der Waals surface area contributed by atoms with Gasteiger partial charge in [-0.2, -0.15) is 5.10 Å². The molecular formula is C16H19F2N5O. The molecule has 1 aromatic heterocycles. The summed E-state index contributed by atoms with van der Waals surface area (Å²) in [6, 6.07) is 3.78. The molecule has 0 saturated carbocycles. The fourth-order valence-electron chi connectivity index (χ4n) is 3.01. The number of benzene rings is 1. The lowest BCUT2D eigenvalue weighted by Crippen LogP contribution is -2.50. The lowest BCUT2D eigenvalue weighted by Gasteiger charge is -2.33. The Labute approximate surface area is 138 Å². The largest absolute Gasteiger partial charge is 0.351 e. The Balaban J connectivity index is 1.63. The van der Waals surface area contributed by atoms with Gasteiger partial charge in [0.25, 0.3) is 0 Å². The predicted molar refractivity (Wildman–Crippen MR) is 83.2 cm³/mol. The summed E-state index contributed by atoms with van der Waals surface area (Å²) in [6.07, 6.45) is 2.91. The molecule has 0 bridgehead atoms. The van der Waals surface area contributed by atoms with Gasteiger partial charge in [0.2, 0.25) is 5.91 Å². The Morgan fingerprint density at radius 2 is 2.21 bits per heavy atom. The number of carbonyl (C=O) groups excluding carboxylic acids is 1. The van der Waals surface area contributed by atoms with E-state index in [1.807, 2.05) is 0 Å². The van der Waals surface area contributed by atoms with Gasteiger partial charge in [-0.15, -0.1) is 0 Å². The molecule has 3 rings (SSSR count). The Kier molecular flexibility index (Phi) is 5.14. The maximum atomic E-state index is 13.5. The first kappa shape index (κ1) is 16.5. The third-order valence-corrected chi connectivity index (χ3v) is 4.25. The van der Waals surface area contributed by atoms with Gasteiger partial charge in [0.1, 0.15) is 12.2 Å². The van der Waals surface area contributed by atoms with Crippen LogP contribution in [0, 0.1) is 11.6 Å². The summed E-state index contributed by atoms with van der Waals surface area (Å²) in [5.41, 5.74) is 0.705. The summed E-state index contributed by atoms with van der Waals surface area (Å²) >= 11 is 0. The number of halogens is 2. The number of piperidine rings is 1. The minimum atomic E-state index is -0.861. The molecule has 0 aliphatic carbocycles. The molecule has 3 N–H and O–H groups in total.